The van der Waals surface area contributed by atoms with E-state index in [-0.39, 0.29) is 24.0 Å². The highest BCUT2D eigenvalue weighted by Gasteiger charge is 2.22. The largest absolute Gasteiger partial charge is 0.481 e. The molecule has 7 nitrogen and oxygen atoms in total. The number of carbonyl (C=O) groups is 1. The first kappa shape index (κ1) is 27.3. The van der Waals surface area contributed by atoms with Crippen molar-refractivity contribution in [3.05, 3.63) is 96.9 Å². The lowest BCUT2D eigenvalue weighted by Crippen LogP contribution is -2.25. The highest BCUT2D eigenvalue weighted by atomic mass is 79.9. The summed E-state index contributed by atoms with van der Waals surface area (Å²) in [6, 6.07) is 18.6. The Morgan fingerprint density at radius 2 is 1.77 bits per heavy atom. The number of anilines is 1. The van der Waals surface area contributed by atoms with Crippen LogP contribution in [0.4, 0.5) is 5.69 Å². The van der Waals surface area contributed by atoms with Gasteiger partial charge in [0.25, 0.3) is 11.5 Å². The van der Waals surface area contributed by atoms with Crippen molar-refractivity contribution in [1.29, 1.82) is 0 Å². The van der Waals surface area contributed by atoms with E-state index in [2.05, 4.69) is 42.3 Å². The molecular weight excluding hydrogens is 624 g/mol. The van der Waals surface area contributed by atoms with E-state index in [9.17, 15) is 9.59 Å². The molecule has 1 amide bonds. The molecule has 4 aromatic rings. The number of nitrogens with one attached hydrogen (secondary N) is 1. The third-order valence-corrected chi connectivity index (χ3v) is 7.95. The summed E-state index contributed by atoms with van der Waals surface area (Å²) in [4.78, 5) is 30.7. The molecule has 0 spiro atoms. The summed E-state index contributed by atoms with van der Waals surface area (Å²) < 4.78 is 8.55. The number of hydrogen-bond donors (Lipinski definition) is 1. The lowest BCUT2D eigenvalue weighted by Gasteiger charge is -2.22. The number of ether oxygens (including phenoxy) is 1. The topological polar surface area (TPSA) is 85.6 Å². The first-order valence-corrected chi connectivity index (χ1v) is 14.5. The SMILES string of the molecule is Cc1ccc(NC(=O)COc2c(Br)cc(C=Nn3c(C4CCCCC4)nc4ccccc4c3=O)cc2Br)cc1. The number of rotatable bonds is 7. The normalized spacial score (nSPS) is 14.1. The molecule has 0 radical (unpaired) electrons. The quantitative estimate of drug-likeness (QED) is 0.215. The maximum absolute atomic E-state index is 13.4. The molecule has 0 saturated heterocycles. The van der Waals surface area contributed by atoms with Crippen LogP contribution in [0.2, 0.25) is 0 Å². The minimum atomic E-state index is -0.262. The molecule has 1 aliphatic rings. The van der Waals surface area contributed by atoms with Crippen LogP contribution >= 0.6 is 31.9 Å². The van der Waals surface area contributed by atoms with Crippen LogP contribution in [0.1, 0.15) is 55.0 Å². The summed E-state index contributed by atoms with van der Waals surface area (Å²) in [7, 11) is 0. The molecule has 1 N–H and O–H groups in total. The number of hydrogen-bond acceptors (Lipinski definition) is 5. The third-order valence-electron chi connectivity index (χ3n) is 6.77. The Morgan fingerprint density at radius 1 is 1.08 bits per heavy atom. The van der Waals surface area contributed by atoms with Crippen molar-refractivity contribution in [1.82, 2.24) is 9.66 Å². The molecule has 0 unspecified atom stereocenters. The maximum Gasteiger partial charge on any atom is 0.282 e. The number of benzene rings is 3. The zero-order valence-electron chi connectivity index (χ0n) is 21.5. The Balaban J connectivity index is 1.37. The van der Waals surface area contributed by atoms with Gasteiger partial charge in [-0.2, -0.15) is 9.78 Å². The van der Waals surface area contributed by atoms with E-state index in [0.717, 1.165) is 36.8 Å². The molecule has 1 fully saturated rings. The number of amides is 1. The van der Waals surface area contributed by atoms with Crippen molar-refractivity contribution in [2.24, 2.45) is 5.10 Å². The summed E-state index contributed by atoms with van der Waals surface area (Å²) in [6.07, 6.45) is 7.11. The molecule has 200 valence electrons. The maximum atomic E-state index is 13.4. The Labute approximate surface area is 243 Å². The van der Waals surface area contributed by atoms with Gasteiger partial charge in [0.2, 0.25) is 0 Å². The number of halogens is 2. The molecule has 1 aliphatic carbocycles. The van der Waals surface area contributed by atoms with Gasteiger partial charge < -0.3 is 10.1 Å². The van der Waals surface area contributed by atoms with E-state index < -0.39 is 0 Å². The van der Waals surface area contributed by atoms with E-state index in [1.807, 2.05) is 61.5 Å². The minimum absolute atomic E-state index is 0.151. The van der Waals surface area contributed by atoms with Crippen LogP contribution in [-0.2, 0) is 4.79 Å². The standard InChI is InChI=1S/C30H28Br2N4O3/c1-19-11-13-22(14-12-19)34-27(37)18-39-28-24(31)15-20(16-25(28)32)17-33-36-29(21-7-3-2-4-8-21)35-26-10-6-5-9-23(26)30(36)38/h5-6,9-17,21H,2-4,7-8,18H2,1H3,(H,34,37). The summed E-state index contributed by atoms with van der Waals surface area (Å²) in [6.45, 7) is 1.84. The van der Waals surface area contributed by atoms with E-state index in [1.54, 1.807) is 12.3 Å². The highest BCUT2D eigenvalue weighted by molar-refractivity contribution is 9.11. The van der Waals surface area contributed by atoms with E-state index in [4.69, 9.17) is 9.72 Å². The predicted molar refractivity (Wildman–Crippen MR) is 162 cm³/mol. The molecule has 0 aliphatic heterocycles. The molecule has 5 rings (SSSR count). The van der Waals surface area contributed by atoms with E-state index in [1.165, 1.54) is 11.1 Å². The van der Waals surface area contributed by atoms with Crippen LogP contribution in [0, 0.1) is 6.92 Å². The fourth-order valence-corrected chi connectivity index (χ4v) is 6.22. The molecule has 1 heterocycles. The second-order valence-corrected chi connectivity index (χ2v) is 11.4. The van der Waals surface area contributed by atoms with Gasteiger partial charge in [-0.25, -0.2) is 4.98 Å². The first-order chi connectivity index (χ1) is 18.9. The monoisotopic (exact) mass is 650 g/mol. The van der Waals surface area contributed by atoms with Crippen molar-refractivity contribution in [2.45, 2.75) is 44.9 Å². The Bertz CT molecular complexity index is 1570. The fraction of sp³-hybridized carbons (Fsp3) is 0.267. The van der Waals surface area contributed by atoms with Crippen molar-refractivity contribution in [2.75, 3.05) is 11.9 Å². The molecular formula is C30H28Br2N4O3. The number of para-hydroxylation sites is 1. The van der Waals surface area contributed by atoms with Crippen molar-refractivity contribution < 1.29 is 9.53 Å². The van der Waals surface area contributed by atoms with Crippen LogP contribution in [0.3, 0.4) is 0 Å². The Morgan fingerprint density at radius 3 is 2.49 bits per heavy atom. The van der Waals surface area contributed by atoms with Gasteiger partial charge in [-0.15, -0.1) is 0 Å². The highest BCUT2D eigenvalue weighted by Crippen LogP contribution is 2.35. The number of aryl methyl sites for hydroxylation is 1. The smallest absolute Gasteiger partial charge is 0.282 e. The molecule has 0 bridgehead atoms. The lowest BCUT2D eigenvalue weighted by molar-refractivity contribution is -0.118. The zero-order valence-corrected chi connectivity index (χ0v) is 24.7. The summed E-state index contributed by atoms with van der Waals surface area (Å²) in [5.41, 5.74) is 3.11. The average Bonchev–Trinajstić information content (AvgIpc) is 2.94. The van der Waals surface area contributed by atoms with Crippen molar-refractivity contribution in [3.63, 3.8) is 0 Å². The average molecular weight is 652 g/mol. The lowest BCUT2D eigenvalue weighted by atomic mass is 9.88. The number of aromatic nitrogens is 2. The number of carbonyl (C=O) groups excluding carboxylic acids is 1. The van der Waals surface area contributed by atoms with Gasteiger partial charge in [0.15, 0.2) is 6.61 Å². The van der Waals surface area contributed by atoms with E-state index in [0.29, 0.717) is 37.1 Å². The fourth-order valence-electron chi connectivity index (χ4n) is 4.77. The Kier molecular flexibility index (Phi) is 8.57. The van der Waals surface area contributed by atoms with Gasteiger partial charge >= 0.3 is 0 Å². The number of nitrogens with zero attached hydrogens (tertiary/aromatic N) is 3. The molecule has 39 heavy (non-hydrogen) atoms. The van der Waals surface area contributed by atoms with E-state index >= 15 is 0 Å². The first-order valence-electron chi connectivity index (χ1n) is 12.9. The Hall–Kier alpha value is -3.30. The van der Waals surface area contributed by atoms with Crippen LogP contribution in [0.15, 0.2) is 79.5 Å². The molecule has 0 atom stereocenters. The molecule has 1 aromatic heterocycles. The third kappa shape index (κ3) is 6.47. The zero-order chi connectivity index (χ0) is 27.4. The van der Waals surface area contributed by atoms with Gasteiger partial charge in [-0.1, -0.05) is 49.1 Å². The molecule has 3 aromatic carbocycles. The van der Waals surface area contributed by atoms with Gasteiger partial charge in [-0.05, 0) is 93.6 Å². The second-order valence-electron chi connectivity index (χ2n) is 9.70. The van der Waals surface area contributed by atoms with Crippen molar-refractivity contribution >= 4 is 60.6 Å². The van der Waals surface area contributed by atoms with Crippen LogP contribution in [0.5, 0.6) is 5.75 Å². The summed E-state index contributed by atoms with van der Waals surface area (Å²) in [5, 5.41) is 7.98. The van der Waals surface area contributed by atoms with Gasteiger partial charge in [0.1, 0.15) is 11.6 Å². The number of fused-ring (bicyclic) bond motifs is 1. The van der Waals surface area contributed by atoms with Crippen LogP contribution in [0.25, 0.3) is 10.9 Å². The van der Waals surface area contributed by atoms with Gasteiger partial charge in [0, 0.05) is 11.6 Å². The predicted octanol–water partition coefficient (Wildman–Crippen LogP) is 7.18. The molecule has 9 heteroatoms. The van der Waals surface area contributed by atoms with Gasteiger partial charge in [0.05, 0.1) is 26.1 Å². The molecule has 1 saturated carbocycles. The summed E-state index contributed by atoms with van der Waals surface area (Å²) in [5.74, 6) is 1.15. The van der Waals surface area contributed by atoms with Crippen molar-refractivity contribution in [3.8, 4) is 5.75 Å². The van der Waals surface area contributed by atoms with Crippen LogP contribution < -0.4 is 15.6 Å². The van der Waals surface area contributed by atoms with Crippen LogP contribution in [-0.4, -0.2) is 28.4 Å². The summed E-state index contributed by atoms with van der Waals surface area (Å²) >= 11 is 7.09. The second kappa shape index (κ2) is 12.3. The minimum Gasteiger partial charge on any atom is -0.481 e. The van der Waals surface area contributed by atoms with Gasteiger partial charge in [-0.3, -0.25) is 9.59 Å².